The SMILES string of the molecule is C=CCNC(=O)c1cc(F)cc(N)c1F. The lowest BCUT2D eigenvalue weighted by Crippen LogP contribution is -2.24. The number of halogens is 2. The number of nitrogens with one attached hydrogen (secondary N) is 1. The highest BCUT2D eigenvalue weighted by atomic mass is 19.1. The molecule has 0 atom stereocenters. The molecule has 0 radical (unpaired) electrons. The number of benzene rings is 1. The van der Waals surface area contributed by atoms with Crippen molar-refractivity contribution in [2.45, 2.75) is 0 Å². The van der Waals surface area contributed by atoms with E-state index in [0.29, 0.717) is 0 Å². The van der Waals surface area contributed by atoms with Gasteiger partial charge < -0.3 is 11.1 Å². The highest BCUT2D eigenvalue weighted by Gasteiger charge is 2.15. The number of amides is 1. The van der Waals surface area contributed by atoms with E-state index in [0.717, 1.165) is 12.1 Å². The summed E-state index contributed by atoms with van der Waals surface area (Å²) in [6.45, 7) is 3.55. The highest BCUT2D eigenvalue weighted by molar-refractivity contribution is 5.95. The van der Waals surface area contributed by atoms with E-state index < -0.39 is 28.8 Å². The summed E-state index contributed by atoms with van der Waals surface area (Å²) in [6, 6.07) is 1.61. The van der Waals surface area contributed by atoms with E-state index in [1.165, 1.54) is 6.08 Å². The van der Waals surface area contributed by atoms with Crippen LogP contribution in [0.2, 0.25) is 0 Å². The smallest absolute Gasteiger partial charge is 0.254 e. The topological polar surface area (TPSA) is 55.1 Å². The fraction of sp³-hybridized carbons (Fsp3) is 0.100. The molecule has 3 N–H and O–H groups in total. The summed E-state index contributed by atoms with van der Waals surface area (Å²) in [5, 5.41) is 2.32. The minimum absolute atomic E-state index is 0.175. The maximum absolute atomic E-state index is 13.3. The molecule has 0 unspecified atom stereocenters. The zero-order chi connectivity index (χ0) is 11.4. The highest BCUT2D eigenvalue weighted by Crippen LogP contribution is 2.17. The predicted octanol–water partition coefficient (Wildman–Crippen LogP) is 1.46. The molecule has 3 nitrogen and oxygen atoms in total. The van der Waals surface area contributed by atoms with E-state index in [-0.39, 0.29) is 6.54 Å². The van der Waals surface area contributed by atoms with Crippen molar-refractivity contribution in [2.24, 2.45) is 0 Å². The molecular weight excluding hydrogens is 202 g/mol. The molecule has 0 saturated carbocycles. The van der Waals surface area contributed by atoms with E-state index >= 15 is 0 Å². The summed E-state index contributed by atoms with van der Waals surface area (Å²) in [5.41, 5.74) is 4.37. The summed E-state index contributed by atoms with van der Waals surface area (Å²) >= 11 is 0. The average molecular weight is 212 g/mol. The molecule has 1 amide bonds. The second-order valence-electron chi connectivity index (χ2n) is 2.86. The third-order valence-corrected chi connectivity index (χ3v) is 1.72. The lowest BCUT2D eigenvalue weighted by molar-refractivity contribution is 0.0953. The third kappa shape index (κ3) is 2.52. The van der Waals surface area contributed by atoms with E-state index in [9.17, 15) is 13.6 Å². The monoisotopic (exact) mass is 212 g/mol. The van der Waals surface area contributed by atoms with Gasteiger partial charge >= 0.3 is 0 Å². The molecule has 0 aliphatic rings. The Morgan fingerprint density at radius 2 is 2.20 bits per heavy atom. The Kier molecular flexibility index (Phi) is 3.38. The van der Waals surface area contributed by atoms with E-state index in [4.69, 9.17) is 5.73 Å². The van der Waals surface area contributed by atoms with E-state index in [2.05, 4.69) is 11.9 Å². The van der Waals surface area contributed by atoms with Gasteiger partial charge in [0.05, 0.1) is 11.3 Å². The van der Waals surface area contributed by atoms with Gasteiger partial charge in [-0.15, -0.1) is 6.58 Å². The van der Waals surface area contributed by atoms with Gasteiger partial charge in [0.15, 0.2) is 5.82 Å². The summed E-state index contributed by atoms with van der Waals surface area (Å²) in [7, 11) is 0. The molecule has 5 heteroatoms. The molecular formula is C10H10F2N2O. The number of nitrogen functional groups attached to an aromatic ring is 1. The van der Waals surface area contributed by atoms with Gasteiger partial charge in [-0.3, -0.25) is 4.79 Å². The number of carbonyl (C=O) groups is 1. The summed E-state index contributed by atoms with van der Waals surface area (Å²) in [5.74, 6) is -2.39. The van der Waals surface area contributed by atoms with Crippen molar-refractivity contribution >= 4 is 11.6 Å². The van der Waals surface area contributed by atoms with Crippen LogP contribution in [-0.4, -0.2) is 12.5 Å². The minimum Gasteiger partial charge on any atom is -0.396 e. The van der Waals surface area contributed by atoms with Crippen molar-refractivity contribution in [1.29, 1.82) is 0 Å². The fourth-order valence-electron chi connectivity index (χ4n) is 1.04. The normalized spacial score (nSPS) is 9.73. The van der Waals surface area contributed by atoms with Crippen molar-refractivity contribution in [3.8, 4) is 0 Å². The Morgan fingerprint density at radius 1 is 1.53 bits per heavy atom. The molecule has 0 spiro atoms. The third-order valence-electron chi connectivity index (χ3n) is 1.72. The molecule has 0 aliphatic carbocycles. The molecule has 0 saturated heterocycles. The van der Waals surface area contributed by atoms with E-state index in [1.807, 2.05) is 0 Å². The van der Waals surface area contributed by atoms with Crippen molar-refractivity contribution < 1.29 is 13.6 Å². The van der Waals surface area contributed by atoms with Crippen LogP contribution in [0.4, 0.5) is 14.5 Å². The van der Waals surface area contributed by atoms with Gasteiger partial charge in [0, 0.05) is 6.54 Å². The van der Waals surface area contributed by atoms with Crippen LogP contribution in [0, 0.1) is 11.6 Å². The average Bonchev–Trinajstić information content (AvgIpc) is 2.19. The molecule has 80 valence electrons. The Balaban J connectivity index is 3.02. The number of rotatable bonds is 3. The fourth-order valence-corrected chi connectivity index (χ4v) is 1.04. The van der Waals surface area contributed by atoms with Gasteiger partial charge in [-0.2, -0.15) is 0 Å². The van der Waals surface area contributed by atoms with Gasteiger partial charge in [-0.05, 0) is 12.1 Å². The van der Waals surface area contributed by atoms with Crippen LogP contribution in [0.25, 0.3) is 0 Å². The van der Waals surface area contributed by atoms with Gasteiger partial charge in [0.2, 0.25) is 0 Å². The standard InChI is InChI=1S/C10H10F2N2O/c1-2-3-14-10(15)7-4-6(11)5-8(13)9(7)12/h2,4-5H,1,3,13H2,(H,14,15). The Bertz CT molecular complexity index is 405. The largest absolute Gasteiger partial charge is 0.396 e. The van der Waals surface area contributed by atoms with Crippen LogP contribution < -0.4 is 11.1 Å². The van der Waals surface area contributed by atoms with Crippen LogP contribution in [0.5, 0.6) is 0 Å². The van der Waals surface area contributed by atoms with Crippen molar-refractivity contribution in [3.63, 3.8) is 0 Å². The number of hydrogen-bond donors (Lipinski definition) is 2. The van der Waals surface area contributed by atoms with Crippen molar-refractivity contribution in [2.75, 3.05) is 12.3 Å². The molecule has 0 aliphatic heterocycles. The molecule has 1 aromatic rings. The first-order chi connectivity index (χ1) is 7.06. The van der Waals surface area contributed by atoms with Gasteiger partial charge in [0.25, 0.3) is 5.91 Å². The Labute approximate surface area is 85.6 Å². The number of hydrogen-bond acceptors (Lipinski definition) is 2. The van der Waals surface area contributed by atoms with Gasteiger partial charge in [-0.25, -0.2) is 8.78 Å². The van der Waals surface area contributed by atoms with Gasteiger partial charge in [-0.1, -0.05) is 6.08 Å². The van der Waals surface area contributed by atoms with Crippen LogP contribution in [0.3, 0.4) is 0 Å². The molecule has 1 aromatic carbocycles. The Morgan fingerprint density at radius 3 is 2.80 bits per heavy atom. The van der Waals surface area contributed by atoms with Crippen LogP contribution >= 0.6 is 0 Å². The van der Waals surface area contributed by atoms with Crippen molar-refractivity contribution in [3.05, 3.63) is 42.0 Å². The second kappa shape index (κ2) is 4.54. The molecule has 0 heterocycles. The molecule has 1 rings (SSSR count). The zero-order valence-electron chi connectivity index (χ0n) is 7.89. The van der Waals surface area contributed by atoms with Gasteiger partial charge in [0.1, 0.15) is 5.82 Å². The number of carbonyl (C=O) groups excluding carboxylic acids is 1. The lowest BCUT2D eigenvalue weighted by atomic mass is 10.1. The molecule has 0 fully saturated rings. The first-order valence-corrected chi connectivity index (χ1v) is 4.20. The first-order valence-electron chi connectivity index (χ1n) is 4.20. The molecule has 15 heavy (non-hydrogen) atoms. The Hall–Kier alpha value is -1.91. The first kappa shape index (κ1) is 11.2. The van der Waals surface area contributed by atoms with Crippen LogP contribution in [0.15, 0.2) is 24.8 Å². The summed E-state index contributed by atoms with van der Waals surface area (Å²) in [4.78, 5) is 11.3. The van der Waals surface area contributed by atoms with Crippen LogP contribution in [0.1, 0.15) is 10.4 Å². The molecule has 0 bridgehead atoms. The maximum Gasteiger partial charge on any atom is 0.254 e. The summed E-state index contributed by atoms with van der Waals surface area (Å²) < 4.78 is 26.1. The zero-order valence-corrected chi connectivity index (χ0v) is 7.89. The minimum atomic E-state index is -0.919. The van der Waals surface area contributed by atoms with E-state index in [1.54, 1.807) is 0 Å². The summed E-state index contributed by atoms with van der Waals surface area (Å²) in [6.07, 6.45) is 1.43. The number of nitrogens with two attached hydrogens (primary N) is 1. The van der Waals surface area contributed by atoms with Crippen LogP contribution in [-0.2, 0) is 0 Å². The lowest BCUT2D eigenvalue weighted by Gasteiger charge is -2.05. The second-order valence-corrected chi connectivity index (χ2v) is 2.86. The van der Waals surface area contributed by atoms with Crippen molar-refractivity contribution in [1.82, 2.24) is 5.32 Å². The maximum atomic E-state index is 13.3. The number of anilines is 1. The molecule has 0 aromatic heterocycles. The quantitative estimate of drug-likeness (QED) is 0.588. The predicted molar refractivity (Wildman–Crippen MR) is 53.3 cm³/mol.